The predicted octanol–water partition coefficient (Wildman–Crippen LogP) is -0.614. The smallest absolute Gasteiger partial charge is 0.232 e. The largest absolute Gasteiger partial charge is 0.379 e. The highest BCUT2D eigenvalue weighted by Gasteiger charge is 2.48. The first kappa shape index (κ1) is 14.7. The molecule has 7 heteroatoms. The van der Waals surface area contributed by atoms with Crippen LogP contribution in [0, 0.1) is 5.41 Å². The normalized spacial score (nSPS) is 37.4. The number of carbonyl (C=O) groups is 1. The van der Waals surface area contributed by atoms with Crippen LogP contribution in [0.25, 0.3) is 0 Å². The van der Waals surface area contributed by atoms with E-state index < -0.39 is 15.3 Å². The summed E-state index contributed by atoms with van der Waals surface area (Å²) in [5.41, 5.74) is 5.23. The number of carbonyl (C=O) groups excluding carboxylic acids is 1. The molecule has 2 N–H and O–H groups in total. The molecule has 2 aliphatic rings. The Morgan fingerprint density at radius 2 is 2.21 bits per heavy atom. The maximum absolute atomic E-state index is 12.7. The summed E-state index contributed by atoms with van der Waals surface area (Å²) in [5.74, 6) is 0.154. The van der Waals surface area contributed by atoms with Crippen molar-refractivity contribution < 1.29 is 17.9 Å². The van der Waals surface area contributed by atoms with E-state index in [9.17, 15) is 13.2 Å². The van der Waals surface area contributed by atoms with E-state index in [4.69, 9.17) is 10.5 Å². The van der Waals surface area contributed by atoms with Crippen LogP contribution in [-0.2, 0) is 19.4 Å². The van der Waals surface area contributed by atoms with E-state index in [-0.39, 0.29) is 29.5 Å². The van der Waals surface area contributed by atoms with Gasteiger partial charge in [-0.2, -0.15) is 0 Å². The van der Waals surface area contributed by atoms with Crippen LogP contribution in [0.1, 0.15) is 20.3 Å². The molecule has 0 aromatic rings. The van der Waals surface area contributed by atoms with E-state index in [0.29, 0.717) is 26.2 Å². The van der Waals surface area contributed by atoms with Gasteiger partial charge in [-0.3, -0.25) is 4.79 Å². The highest BCUT2D eigenvalue weighted by molar-refractivity contribution is 7.91. The van der Waals surface area contributed by atoms with E-state index in [0.717, 1.165) is 0 Å². The monoisotopic (exact) mass is 290 g/mol. The van der Waals surface area contributed by atoms with Crippen LogP contribution in [0.4, 0.5) is 0 Å². The molecule has 2 heterocycles. The average Bonchev–Trinajstić information content (AvgIpc) is 2.85. The Hall–Kier alpha value is -0.660. The van der Waals surface area contributed by atoms with Gasteiger partial charge >= 0.3 is 0 Å². The van der Waals surface area contributed by atoms with Crippen molar-refractivity contribution >= 4 is 15.7 Å². The van der Waals surface area contributed by atoms with Crippen LogP contribution >= 0.6 is 0 Å². The van der Waals surface area contributed by atoms with Crippen LogP contribution in [-0.4, -0.2) is 62.6 Å². The molecule has 2 rings (SSSR count). The fraction of sp³-hybridized carbons (Fsp3) is 0.917. The second-order valence-electron chi connectivity index (χ2n) is 5.69. The van der Waals surface area contributed by atoms with Crippen molar-refractivity contribution in [3.05, 3.63) is 0 Å². The third kappa shape index (κ3) is 2.64. The molecule has 0 bridgehead atoms. The Bertz CT molecular complexity index is 464. The molecule has 6 nitrogen and oxygen atoms in total. The van der Waals surface area contributed by atoms with Gasteiger partial charge in [0.15, 0.2) is 9.84 Å². The number of nitrogens with two attached hydrogens (primary N) is 1. The average molecular weight is 290 g/mol. The highest BCUT2D eigenvalue weighted by Crippen LogP contribution is 2.31. The Morgan fingerprint density at radius 3 is 2.63 bits per heavy atom. The van der Waals surface area contributed by atoms with Crippen LogP contribution in [0.5, 0.6) is 0 Å². The minimum absolute atomic E-state index is 0.0682. The van der Waals surface area contributed by atoms with Gasteiger partial charge < -0.3 is 15.4 Å². The summed E-state index contributed by atoms with van der Waals surface area (Å²) in [4.78, 5) is 14.3. The van der Waals surface area contributed by atoms with Crippen LogP contribution in [0.3, 0.4) is 0 Å². The molecule has 0 aliphatic carbocycles. The molecule has 3 atom stereocenters. The van der Waals surface area contributed by atoms with Gasteiger partial charge in [-0.15, -0.1) is 0 Å². The molecule has 19 heavy (non-hydrogen) atoms. The molecule has 0 aromatic carbocycles. The molecular formula is C12H22N2O4S. The molecule has 0 radical (unpaired) electrons. The quantitative estimate of drug-likeness (QED) is 0.748. The van der Waals surface area contributed by atoms with Crippen molar-refractivity contribution in [2.24, 2.45) is 11.1 Å². The Labute approximate surface area is 114 Å². The molecule has 0 saturated carbocycles. The van der Waals surface area contributed by atoms with Crippen molar-refractivity contribution in [2.75, 3.05) is 31.3 Å². The third-order valence-corrected chi connectivity index (χ3v) is 6.01. The molecule has 0 spiro atoms. The van der Waals surface area contributed by atoms with Crippen molar-refractivity contribution in [2.45, 2.75) is 32.4 Å². The van der Waals surface area contributed by atoms with Crippen molar-refractivity contribution in [3.8, 4) is 0 Å². The third-order valence-electron chi connectivity index (χ3n) is 4.26. The summed E-state index contributed by atoms with van der Waals surface area (Å²) in [5, 5.41) is 0. The number of rotatable bonds is 3. The zero-order valence-electron chi connectivity index (χ0n) is 11.5. The predicted molar refractivity (Wildman–Crippen MR) is 71.3 cm³/mol. The molecule has 2 saturated heterocycles. The van der Waals surface area contributed by atoms with E-state index in [2.05, 4.69) is 0 Å². The van der Waals surface area contributed by atoms with E-state index in [1.54, 1.807) is 11.8 Å². The van der Waals surface area contributed by atoms with Gasteiger partial charge in [0.2, 0.25) is 5.91 Å². The Kier molecular flexibility index (Phi) is 3.90. The molecule has 0 aromatic heterocycles. The number of hydrogen-bond donors (Lipinski definition) is 1. The second kappa shape index (κ2) is 5.03. The highest BCUT2D eigenvalue weighted by atomic mass is 32.2. The molecule has 3 unspecified atom stereocenters. The first-order valence-corrected chi connectivity index (χ1v) is 8.47. The summed E-state index contributed by atoms with van der Waals surface area (Å²) < 4.78 is 28.4. The van der Waals surface area contributed by atoms with Crippen molar-refractivity contribution in [3.63, 3.8) is 0 Å². The summed E-state index contributed by atoms with van der Waals surface area (Å²) in [6.45, 7) is 4.86. The van der Waals surface area contributed by atoms with Gasteiger partial charge in [0, 0.05) is 18.6 Å². The van der Waals surface area contributed by atoms with E-state index >= 15 is 0 Å². The summed E-state index contributed by atoms with van der Waals surface area (Å²) in [6.07, 6.45) is 0.522. The summed E-state index contributed by atoms with van der Waals surface area (Å²) >= 11 is 0. The minimum atomic E-state index is -3.00. The SMILES string of the molecule is CCN(C(=O)C1(C)COCC1N)C1CCS(=O)(=O)C1. The topological polar surface area (TPSA) is 89.7 Å². The minimum Gasteiger partial charge on any atom is -0.379 e. The molecular weight excluding hydrogens is 268 g/mol. The molecule has 2 aliphatic heterocycles. The maximum Gasteiger partial charge on any atom is 0.232 e. The molecule has 110 valence electrons. The van der Waals surface area contributed by atoms with Gasteiger partial charge in [0.05, 0.1) is 30.1 Å². The zero-order chi connectivity index (χ0) is 14.3. The first-order valence-electron chi connectivity index (χ1n) is 6.65. The number of ether oxygens (including phenoxy) is 1. The number of nitrogens with zero attached hydrogens (tertiary/aromatic N) is 1. The van der Waals surface area contributed by atoms with Gasteiger partial charge in [-0.25, -0.2) is 8.42 Å². The fourth-order valence-electron chi connectivity index (χ4n) is 2.83. The lowest BCUT2D eigenvalue weighted by molar-refractivity contribution is -0.143. The Balaban J connectivity index is 2.16. The van der Waals surface area contributed by atoms with Gasteiger partial charge in [0.25, 0.3) is 0 Å². The van der Waals surface area contributed by atoms with Crippen LogP contribution in [0.15, 0.2) is 0 Å². The van der Waals surface area contributed by atoms with Gasteiger partial charge in [-0.1, -0.05) is 0 Å². The van der Waals surface area contributed by atoms with E-state index in [1.807, 2.05) is 6.92 Å². The van der Waals surface area contributed by atoms with Gasteiger partial charge in [-0.05, 0) is 20.3 Å². The fourth-order valence-corrected chi connectivity index (χ4v) is 4.56. The molecule has 1 amide bonds. The second-order valence-corrected chi connectivity index (χ2v) is 7.92. The number of hydrogen-bond acceptors (Lipinski definition) is 5. The lowest BCUT2D eigenvalue weighted by Gasteiger charge is -2.35. The first-order chi connectivity index (χ1) is 8.80. The zero-order valence-corrected chi connectivity index (χ0v) is 12.3. The lowest BCUT2D eigenvalue weighted by Crippen LogP contribution is -2.54. The number of amides is 1. The number of sulfone groups is 1. The van der Waals surface area contributed by atoms with E-state index in [1.165, 1.54) is 0 Å². The summed E-state index contributed by atoms with van der Waals surface area (Å²) in [7, 11) is -3.00. The van der Waals surface area contributed by atoms with Gasteiger partial charge in [0.1, 0.15) is 0 Å². The summed E-state index contributed by atoms with van der Waals surface area (Å²) in [6, 6.07) is -0.542. The Morgan fingerprint density at radius 1 is 1.53 bits per heavy atom. The lowest BCUT2D eigenvalue weighted by atomic mass is 9.83. The standard InChI is InChI=1S/C12H22N2O4S/c1-3-14(9-4-5-19(16,17)7-9)11(15)12(2)8-18-6-10(12)13/h9-10H,3-8,13H2,1-2H3. The molecule has 2 fully saturated rings. The van der Waals surface area contributed by atoms with Crippen LogP contribution < -0.4 is 5.73 Å². The van der Waals surface area contributed by atoms with Crippen LogP contribution in [0.2, 0.25) is 0 Å². The van der Waals surface area contributed by atoms with Crippen molar-refractivity contribution in [1.29, 1.82) is 0 Å². The maximum atomic E-state index is 12.7. The van der Waals surface area contributed by atoms with Crippen molar-refractivity contribution in [1.82, 2.24) is 4.90 Å².